The zero-order chi connectivity index (χ0) is 11.1. The van der Waals surface area contributed by atoms with Gasteiger partial charge in [0, 0.05) is 0 Å². The summed E-state index contributed by atoms with van der Waals surface area (Å²) >= 11 is 0. The van der Waals surface area contributed by atoms with E-state index in [2.05, 4.69) is 48.6 Å². The van der Waals surface area contributed by atoms with Crippen molar-refractivity contribution in [1.29, 1.82) is 0 Å². The Morgan fingerprint density at radius 1 is 0.750 bits per heavy atom. The Bertz CT molecular complexity index is 361. The fraction of sp³-hybridized carbons (Fsp3) is 0.375. The molecule has 0 nitrogen and oxygen atoms in total. The summed E-state index contributed by atoms with van der Waals surface area (Å²) in [5, 5.41) is 0. The van der Waals surface area contributed by atoms with Crippen LogP contribution in [0.5, 0.6) is 0 Å². The van der Waals surface area contributed by atoms with Gasteiger partial charge in [0.15, 0.2) is 0 Å². The van der Waals surface area contributed by atoms with E-state index in [1.54, 1.807) is 0 Å². The van der Waals surface area contributed by atoms with Crippen LogP contribution in [0.25, 0.3) is 0 Å². The van der Waals surface area contributed by atoms with E-state index in [1.165, 1.54) is 43.3 Å². The Morgan fingerprint density at radius 3 is 2.56 bits per heavy atom. The molecule has 0 spiro atoms. The van der Waals surface area contributed by atoms with Gasteiger partial charge in [-0.1, -0.05) is 48.6 Å². The molecule has 0 aromatic carbocycles. The predicted molar refractivity (Wildman–Crippen MR) is 71.3 cm³/mol. The molecular formula is C16H20. The quantitative estimate of drug-likeness (QED) is 0.581. The van der Waals surface area contributed by atoms with E-state index in [9.17, 15) is 0 Å². The van der Waals surface area contributed by atoms with Crippen LogP contribution in [-0.4, -0.2) is 0 Å². The molecule has 0 atom stereocenters. The molecular weight excluding hydrogens is 192 g/mol. The molecule has 2 aliphatic rings. The molecule has 0 heterocycles. The van der Waals surface area contributed by atoms with Crippen molar-refractivity contribution in [2.45, 2.75) is 38.5 Å². The van der Waals surface area contributed by atoms with E-state index < -0.39 is 0 Å². The van der Waals surface area contributed by atoms with Gasteiger partial charge in [-0.2, -0.15) is 0 Å². The van der Waals surface area contributed by atoms with Gasteiger partial charge in [0.25, 0.3) is 0 Å². The highest BCUT2D eigenvalue weighted by molar-refractivity contribution is 5.44. The maximum atomic E-state index is 2.29. The Kier molecular flexibility index (Phi) is 4.42. The maximum Gasteiger partial charge on any atom is -0.0228 e. The van der Waals surface area contributed by atoms with Crippen molar-refractivity contribution in [3.05, 3.63) is 59.8 Å². The smallest absolute Gasteiger partial charge is 0.0228 e. The molecule has 2 rings (SSSR count). The molecule has 0 unspecified atom stereocenters. The molecule has 0 aliphatic heterocycles. The van der Waals surface area contributed by atoms with Crippen LogP contribution in [0.2, 0.25) is 0 Å². The van der Waals surface area contributed by atoms with E-state index in [0.717, 1.165) is 6.42 Å². The predicted octanol–water partition coefficient (Wildman–Crippen LogP) is 4.88. The molecule has 0 N–H and O–H groups in total. The highest BCUT2D eigenvalue weighted by atomic mass is 14.1. The number of allylic oxidation sites excluding steroid dienone is 10. The number of hydrogen-bond acceptors (Lipinski definition) is 0. The van der Waals surface area contributed by atoms with Crippen LogP contribution in [0.3, 0.4) is 0 Å². The minimum Gasteiger partial charge on any atom is -0.0845 e. The van der Waals surface area contributed by atoms with Crippen molar-refractivity contribution in [1.82, 2.24) is 0 Å². The molecule has 0 saturated heterocycles. The van der Waals surface area contributed by atoms with Crippen LogP contribution >= 0.6 is 0 Å². The Morgan fingerprint density at radius 2 is 1.56 bits per heavy atom. The molecule has 0 heteroatoms. The molecule has 0 aromatic rings. The van der Waals surface area contributed by atoms with E-state index >= 15 is 0 Å². The zero-order valence-electron chi connectivity index (χ0n) is 9.86. The molecule has 0 radical (unpaired) electrons. The first kappa shape index (κ1) is 11.2. The van der Waals surface area contributed by atoms with Crippen molar-refractivity contribution in [3.63, 3.8) is 0 Å². The minimum atomic E-state index is 1.16. The van der Waals surface area contributed by atoms with Crippen molar-refractivity contribution in [2.75, 3.05) is 0 Å². The van der Waals surface area contributed by atoms with Gasteiger partial charge < -0.3 is 0 Å². The first-order chi connectivity index (χ1) is 7.97. The summed E-state index contributed by atoms with van der Waals surface area (Å²) in [5.74, 6) is 0. The number of rotatable bonds is 1. The van der Waals surface area contributed by atoms with E-state index in [-0.39, 0.29) is 0 Å². The summed E-state index contributed by atoms with van der Waals surface area (Å²) in [6, 6.07) is 0. The fourth-order valence-corrected chi connectivity index (χ4v) is 2.12. The van der Waals surface area contributed by atoms with Gasteiger partial charge in [-0.25, -0.2) is 0 Å². The fourth-order valence-electron chi connectivity index (χ4n) is 2.12. The van der Waals surface area contributed by atoms with Crippen LogP contribution in [-0.2, 0) is 0 Å². The normalized spacial score (nSPS) is 32.0. The molecule has 0 fully saturated rings. The van der Waals surface area contributed by atoms with Crippen LogP contribution in [0.15, 0.2) is 59.8 Å². The largest absolute Gasteiger partial charge is 0.0845 e. The molecule has 0 amide bonds. The molecule has 16 heavy (non-hydrogen) atoms. The van der Waals surface area contributed by atoms with Crippen LogP contribution in [0, 0.1) is 0 Å². The van der Waals surface area contributed by atoms with Gasteiger partial charge in [0.1, 0.15) is 0 Å². The second-order valence-corrected chi connectivity index (χ2v) is 4.40. The topological polar surface area (TPSA) is 0 Å². The van der Waals surface area contributed by atoms with Crippen LogP contribution in [0.4, 0.5) is 0 Å². The van der Waals surface area contributed by atoms with Gasteiger partial charge in [0.05, 0.1) is 0 Å². The van der Waals surface area contributed by atoms with E-state index in [0.29, 0.717) is 0 Å². The average Bonchev–Trinajstić information content (AvgIpc) is 2.18. The second kappa shape index (κ2) is 6.32. The van der Waals surface area contributed by atoms with Crippen LogP contribution in [0.1, 0.15) is 38.5 Å². The molecule has 0 saturated carbocycles. The maximum absolute atomic E-state index is 2.29. The molecule has 0 aromatic heterocycles. The lowest BCUT2D eigenvalue weighted by molar-refractivity contribution is 0.742. The van der Waals surface area contributed by atoms with Crippen molar-refractivity contribution in [2.24, 2.45) is 0 Å². The summed E-state index contributed by atoms with van der Waals surface area (Å²) in [5.41, 5.74) is 2.88. The third-order valence-corrected chi connectivity index (χ3v) is 3.08. The van der Waals surface area contributed by atoms with E-state index in [4.69, 9.17) is 0 Å². The lowest BCUT2D eigenvalue weighted by atomic mass is 9.95. The van der Waals surface area contributed by atoms with Gasteiger partial charge in [-0.15, -0.1) is 0 Å². The summed E-state index contributed by atoms with van der Waals surface area (Å²) in [6.45, 7) is 0. The first-order valence-electron chi connectivity index (χ1n) is 6.36. The van der Waals surface area contributed by atoms with Gasteiger partial charge in [-0.3, -0.25) is 0 Å². The Balaban J connectivity index is 2.19. The minimum absolute atomic E-state index is 1.16. The third kappa shape index (κ3) is 3.37. The highest BCUT2D eigenvalue weighted by Gasteiger charge is 2.03. The van der Waals surface area contributed by atoms with Gasteiger partial charge >= 0.3 is 0 Å². The van der Waals surface area contributed by atoms with Crippen molar-refractivity contribution < 1.29 is 0 Å². The summed E-state index contributed by atoms with van der Waals surface area (Å²) in [7, 11) is 0. The monoisotopic (exact) mass is 212 g/mol. The summed E-state index contributed by atoms with van der Waals surface area (Å²) in [6.07, 6.45) is 25.5. The van der Waals surface area contributed by atoms with Crippen molar-refractivity contribution >= 4 is 0 Å². The summed E-state index contributed by atoms with van der Waals surface area (Å²) < 4.78 is 0. The lowest BCUT2D eigenvalue weighted by Gasteiger charge is -2.10. The van der Waals surface area contributed by atoms with Crippen LogP contribution < -0.4 is 0 Å². The summed E-state index contributed by atoms with van der Waals surface area (Å²) in [4.78, 5) is 0. The zero-order valence-corrected chi connectivity index (χ0v) is 9.86. The number of hydrogen-bond donors (Lipinski definition) is 0. The standard InChI is InChI=1S/C16H20/c1-3-7-11-15(12-8-4-1)16-13-9-5-2-6-10-14-16/h3,5,7-9,11-13H,1-2,4,6,10,14H2/b7-3?,9-5-,12-8-,15-11+,16-13-. The lowest BCUT2D eigenvalue weighted by Crippen LogP contribution is -1.91. The molecule has 0 bridgehead atoms. The molecule has 84 valence electrons. The average molecular weight is 212 g/mol. The van der Waals surface area contributed by atoms with Gasteiger partial charge in [0.2, 0.25) is 0 Å². The third-order valence-electron chi connectivity index (χ3n) is 3.08. The van der Waals surface area contributed by atoms with Crippen molar-refractivity contribution in [3.8, 4) is 0 Å². The van der Waals surface area contributed by atoms with Gasteiger partial charge in [-0.05, 0) is 49.7 Å². The Labute approximate surface area is 98.8 Å². The highest BCUT2D eigenvalue weighted by Crippen LogP contribution is 2.22. The first-order valence-corrected chi connectivity index (χ1v) is 6.36. The SMILES string of the molecule is C1=CCC\C=C/C(C2=C\C=C/CCCC\2)=C\1. The Hall–Kier alpha value is -1.30. The van der Waals surface area contributed by atoms with E-state index in [1.807, 2.05) is 0 Å². The molecule has 2 aliphatic carbocycles. The second-order valence-electron chi connectivity index (χ2n) is 4.40.